The van der Waals surface area contributed by atoms with E-state index in [9.17, 15) is 14.9 Å². The van der Waals surface area contributed by atoms with Crippen LogP contribution in [0.3, 0.4) is 0 Å². The first-order chi connectivity index (χ1) is 9.09. The van der Waals surface area contributed by atoms with Gasteiger partial charge in [0.2, 0.25) is 5.91 Å². The molecule has 0 atom stereocenters. The number of likely N-dealkylation sites (tertiary alicyclic amines) is 1. The van der Waals surface area contributed by atoms with Crippen molar-refractivity contribution in [1.82, 2.24) is 4.90 Å². The van der Waals surface area contributed by atoms with E-state index < -0.39 is 4.92 Å². The highest BCUT2D eigenvalue weighted by molar-refractivity contribution is 6.33. The predicted molar refractivity (Wildman–Crippen MR) is 72.4 cm³/mol. The van der Waals surface area contributed by atoms with Crippen molar-refractivity contribution < 1.29 is 9.72 Å². The second kappa shape index (κ2) is 5.88. The summed E-state index contributed by atoms with van der Waals surface area (Å²) < 4.78 is 0. The summed E-state index contributed by atoms with van der Waals surface area (Å²) in [5.74, 6) is -0.0493. The van der Waals surface area contributed by atoms with Gasteiger partial charge in [-0.15, -0.1) is 0 Å². The van der Waals surface area contributed by atoms with Gasteiger partial charge in [-0.1, -0.05) is 17.7 Å². The fourth-order valence-electron chi connectivity index (χ4n) is 2.09. The van der Waals surface area contributed by atoms with Crippen LogP contribution in [0.15, 0.2) is 18.2 Å². The molecule has 0 unspecified atom stereocenters. The van der Waals surface area contributed by atoms with E-state index in [-0.39, 0.29) is 28.8 Å². The Bertz CT molecular complexity index is 501. The molecule has 0 aromatic heterocycles. The van der Waals surface area contributed by atoms with Crippen LogP contribution in [0.2, 0.25) is 5.02 Å². The molecule has 1 heterocycles. The van der Waals surface area contributed by atoms with E-state index in [2.05, 4.69) is 5.32 Å². The average Bonchev–Trinajstić information content (AvgIpc) is 2.89. The molecule has 0 saturated carbocycles. The molecule has 0 spiro atoms. The summed E-state index contributed by atoms with van der Waals surface area (Å²) in [5, 5.41) is 13.8. The fraction of sp³-hybridized carbons (Fsp3) is 0.417. The van der Waals surface area contributed by atoms with Crippen LogP contribution < -0.4 is 5.32 Å². The van der Waals surface area contributed by atoms with E-state index in [1.165, 1.54) is 6.07 Å². The van der Waals surface area contributed by atoms with Gasteiger partial charge in [0.15, 0.2) is 0 Å². The van der Waals surface area contributed by atoms with Gasteiger partial charge in [-0.25, -0.2) is 0 Å². The summed E-state index contributed by atoms with van der Waals surface area (Å²) in [6, 6.07) is 4.60. The van der Waals surface area contributed by atoms with E-state index in [0.29, 0.717) is 0 Å². The van der Waals surface area contributed by atoms with Crippen LogP contribution in [-0.4, -0.2) is 35.4 Å². The molecule has 1 N–H and O–H groups in total. The summed E-state index contributed by atoms with van der Waals surface area (Å²) in [6.45, 7) is 1.57. The van der Waals surface area contributed by atoms with Gasteiger partial charge >= 0.3 is 5.69 Å². The largest absolute Gasteiger partial charge is 0.371 e. The summed E-state index contributed by atoms with van der Waals surface area (Å²) in [4.78, 5) is 24.0. The molecule has 19 heavy (non-hydrogen) atoms. The number of nitrogens with one attached hydrogen (secondary N) is 1. The maximum Gasteiger partial charge on any atom is 0.310 e. The number of nitro benzene ring substituents is 1. The minimum Gasteiger partial charge on any atom is -0.371 e. The molecule has 0 radical (unpaired) electrons. The maximum absolute atomic E-state index is 11.8. The summed E-state index contributed by atoms with van der Waals surface area (Å²) >= 11 is 5.79. The van der Waals surface area contributed by atoms with Crippen LogP contribution in [0.25, 0.3) is 0 Å². The number of anilines is 1. The van der Waals surface area contributed by atoms with E-state index >= 15 is 0 Å². The molecule has 102 valence electrons. The molecule has 2 rings (SSSR count). The first-order valence-electron chi connectivity index (χ1n) is 6.04. The smallest absolute Gasteiger partial charge is 0.310 e. The van der Waals surface area contributed by atoms with Gasteiger partial charge in [-0.05, 0) is 25.0 Å². The molecule has 1 aliphatic heterocycles. The Hall–Kier alpha value is -1.82. The number of benzene rings is 1. The molecule has 6 nitrogen and oxygen atoms in total. The maximum atomic E-state index is 11.8. The molecule has 1 aromatic rings. The molecule has 1 saturated heterocycles. The second-order valence-electron chi connectivity index (χ2n) is 4.33. The Labute approximate surface area is 115 Å². The van der Waals surface area contributed by atoms with Crippen LogP contribution >= 0.6 is 11.6 Å². The predicted octanol–water partition coefficient (Wildman–Crippen LogP) is 2.28. The third kappa shape index (κ3) is 3.14. The van der Waals surface area contributed by atoms with Gasteiger partial charge < -0.3 is 10.2 Å². The number of halogens is 1. The summed E-state index contributed by atoms with van der Waals surface area (Å²) in [7, 11) is 0. The van der Waals surface area contributed by atoms with Crippen molar-refractivity contribution in [2.45, 2.75) is 12.8 Å². The first kappa shape index (κ1) is 13.6. The van der Waals surface area contributed by atoms with Crippen molar-refractivity contribution in [3.05, 3.63) is 33.3 Å². The monoisotopic (exact) mass is 283 g/mol. The van der Waals surface area contributed by atoms with Crippen molar-refractivity contribution in [3.8, 4) is 0 Å². The van der Waals surface area contributed by atoms with Crippen molar-refractivity contribution in [2.24, 2.45) is 0 Å². The molecule has 1 fully saturated rings. The lowest BCUT2D eigenvalue weighted by Gasteiger charge is -2.16. The first-order valence-corrected chi connectivity index (χ1v) is 6.42. The Balaban J connectivity index is 2.05. The summed E-state index contributed by atoms with van der Waals surface area (Å²) in [5.41, 5.74) is 0.0726. The fourth-order valence-corrected chi connectivity index (χ4v) is 2.34. The van der Waals surface area contributed by atoms with Gasteiger partial charge in [0.1, 0.15) is 10.7 Å². The number of hydrogen-bond donors (Lipinski definition) is 1. The zero-order valence-corrected chi connectivity index (χ0v) is 11.0. The lowest BCUT2D eigenvalue weighted by Crippen LogP contribution is -2.33. The number of hydrogen-bond acceptors (Lipinski definition) is 4. The van der Waals surface area contributed by atoms with Crippen LogP contribution in [0, 0.1) is 10.1 Å². The molecule has 7 heteroatoms. The molecule has 0 aliphatic carbocycles. The van der Waals surface area contributed by atoms with Crippen LogP contribution in [0.4, 0.5) is 11.4 Å². The molecule has 1 amide bonds. The van der Waals surface area contributed by atoms with Crippen LogP contribution in [0.5, 0.6) is 0 Å². The van der Waals surface area contributed by atoms with Crippen molar-refractivity contribution in [1.29, 1.82) is 0 Å². The number of carbonyl (C=O) groups is 1. The second-order valence-corrected chi connectivity index (χ2v) is 4.74. The van der Waals surface area contributed by atoms with Gasteiger partial charge in [0.25, 0.3) is 0 Å². The highest BCUT2D eigenvalue weighted by Crippen LogP contribution is 2.32. The molecule has 0 bridgehead atoms. The highest BCUT2D eigenvalue weighted by atomic mass is 35.5. The highest BCUT2D eigenvalue weighted by Gasteiger charge is 2.21. The number of carbonyl (C=O) groups excluding carboxylic acids is 1. The third-order valence-corrected chi connectivity index (χ3v) is 3.36. The molecular formula is C12H14ClN3O3. The number of rotatable bonds is 4. The van der Waals surface area contributed by atoms with Crippen molar-refractivity contribution in [3.63, 3.8) is 0 Å². The molecular weight excluding hydrogens is 270 g/mol. The number of amides is 1. The number of nitro groups is 1. The zero-order chi connectivity index (χ0) is 13.8. The topological polar surface area (TPSA) is 75.5 Å². The molecule has 1 aliphatic rings. The normalized spacial score (nSPS) is 14.5. The zero-order valence-electron chi connectivity index (χ0n) is 10.3. The SMILES string of the molecule is O=C(CNc1cccc(Cl)c1[N+](=O)[O-])N1CCCC1. The van der Waals surface area contributed by atoms with Crippen LogP contribution in [-0.2, 0) is 4.79 Å². The molecule has 1 aromatic carbocycles. The standard InChI is InChI=1S/C12H14ClN3O3/c13-9-4-3-5-10(12(9)16(18)19)14-8-11(17)15-6-1-2-7-15/h3-5,14H,1-2,6-8H2. The van der Waals surface area contributed by atoms with E-state index in [1.54, 1.807) is 17.0 Å². The van der Waals surface area contributed by atoms with Gasteiger partial charge in [0.05, 0.1) is 11.5 Å². The Morgan fingerprint density at radius 3 is 2.74 bits per heavy atom. The quantitative estimate of drug-likeness (QED) is 0.679. The number of para-hydroxylation sites is 1. The Morgan fingerprint density at radius 1 is 1.42 bits per heavy atom. The van der Waals surface area contributed by atoms with Crippen LogP contribution in [0.1, 0.15) is 12.8 Å². The average molecular weight is 284 g/mol. The Kier molecular flexibility index (Phi) is 4.21. The summed E-state index contributed by atoms with van der Waals surface area (Å²) in [6.07, 6.45) is 2.03. The van der Waals surface area contributed by atoms with Gasteiger partial charge in [-0.3, -0.25) is 14.9 Å². The number of nitrogens with zero attached hydrogens (tertiary/aromatic N) is 2. The van der Waals surface area contributed by atoms with Crippen molar-refractivity contribution >= 4 is 28.9 Å². The lowest BCUT2D eigenvalue weighted by atomic mass is 10.2. The van der Waals surface area contributed by atoms with Crippen molar-refractivity contribution in [2.75, 3.05) is 25.0 Å². The van der Waals surface area contributed by atoms with Gasteiger partial charge in [-0.2, -0.15) is 0 Å². The van der Waals surface area contributed by atoms with E-state index in [1.807, 2.05) is 0 Å². The minimum atomic E-state index is -0.551. The minimum absolute atomic E-state index is 0.0428. The Morgan fingerprint density at radius 2 is 2.11 bits per heavy atom. The van der Waals surface area contributed by atoms with Gasteiger partial charge in [0, 0.05) is 13.1 Å². The third-order valence-electron chi connectivity index (χ3n) is 3.06. The van der Waals surface area contributed by atoms with E-state index in [4.69, 9.17) is 11.6 Å². The van der Waals surface area contributed by atoms with E-state index in [0.717, 1.165) is 25.9 Å². The lowest BCUT2D eigenvalue weighted by molar-refractivity contribution is -0.383.